The molecular weight excluding hydrogens is 735 g/mol. The molecule has 1 fully saturated rings. The summed E-state index contributed by atoms with van der Waals surface area (Å²) in [5, 5.41) is 11.1. The van der Waals surface area contributed by atoms with Crippen molar-refractivity contribution in [3.8, 4) is 0 Å². The third-order valence-corrected chi connectivity index (χ3v) is 8.32. The van der Waals surface area contributed by atoms with Crippen molar-refractivity contribution in [3.05, 3.63) is 108 Å². The van der Waals surface area contributed by atoms with Gasteiger partial charge in [-0.3, -0.25) is 19.8 Å². The molecule has 5 atom stereocenters. The molecule has 1 aliphatic rings. The number of ether oxygens (including phenoxy) is 6. The number of benzene rings is 3. The number of carbonyl (C=O) groups excluding carboxylic acids is 3. The predicted octanol–water partition coefficient (Wildman–Crippen LogP) is 6.84. The number of nitrogens with one attached hydrogen (secondary N) is 2. The summed E-state index contributed by atoms with van der Waals surface area (Å²) in [7, 11) is 0. The van der Waals surface area contributed by atoms with Gasteiger partial charge < -0.3 is 33.7 Å². The monoisotopic (exact) mass is 776 g/mol. The molecule has 0 saturated carbocycles. The summed E-state index contributed by atoms with van der Waals surface area (Å²) in [6.45, 7) is 5.10. The first-order chi connectivity index (χ1) is 24.7. The maximum absolute atomic E-state index is 13.4. The van der Waals surface area contributed by atoms with Crippen LogP contribution in [0.1, 0.15) is 50.3 Å². The number of halogens is 3. The topological polar surface area (TPSA) is 142 Å². The highest BCUT2D eigenvalue weighted by Crippen LogP contribution is 2.35. The highest BCUT2D eigenvalue weighted by Gasteiger charge is 2.53. The molecule has 3 aromatic rings. The van der Waals surface area contributed by atoms with Crippen LogP contribution in [0.3, 0.4) is 0 Å². The zero-order chi connectivity index (χ0) is 37.7. The van der Waals surface area contributed by atoms with Crippen molar-refractivity contribution in [2.24, 2.45) is 5.41 Å². The molecule has 3 aromatic carbocycles. The van der Waals surface area contributed by atoms with Crippen LogP contribution in [0.25, 0.3) is 0 Å². The Hall–Kier alpha value is -3.71. The highest BCUT2D eigenvalue weighted by molar-refractivity contribution is 6.76. The molecule has 4 rings (SSSR count). The lowest BCUT2D eigenvalue weighted by molar-refractivity contribution is -0.306. The van der Waals surface area contributed by atoms with Crippen LogP contribution >= 0.6 is 34.8 Å². The highest BCUT2D eigenvalue weighted by atomic mass is 35.6. The van der Waals surface area contributed by atoms with Gasteiger partial charge in [-0.1, -0.05) is 126 Å². The van der Waals surface area contributed by atoms with E-state index in [4.69, 9.17) is 68.6 Å². The van der Waals surface area contributed by atoms with Gasteiger partial charge in [0.25, 0.3) is 3.79 Å². The summed E-state index contributed by atoms with van der Waals surface area (Å²) in [6, 6.07) is 28.0. The predicted molar refractivity (Wildman–Crippen MR) is 196 cm³/mol. The van der Waals surface area contributed by atoms with Crippen molar-refractivity contribution in [3.63, 3.8) is 0 Å². The smallest absolute Gasteiger partial charge is 0.311 e. The van der Waals surface area contributed by atoms with Crippen molar-refractivity contribution in [1.29, 1.82) is 5.41 Å². The molecule has 0 aliphatic carbocycles. The maximum Gasteiger partial charge on any atom is 0.311 e. The largest absolute Gasteiger partial charge is 0.463 e. The first-order valence-electron chi connectivity index (χ1n) is 16.7. The van der Waals surface area contributed by atoms with Crippen LogP contribution in [0.4, 0.5) is 0 Å². The van der Waals surface area contributed by atoms with Crippen LogP contribution in [0.2, 0.25) is 0 Å². The van der Waals surface area contributed by atoms with E-state index >= 15 is 0 Å². The quantitative estimate of drug-likeness (QED) is 0.0734. The van der Waals surface area contributed by atoms with Crippen LogP contribution in [-0.4, -0.2) is 64.8 Å². The van der Waals surface area contributed by atoms with Gasteiger partial charge in [0.15, 0.2) is 6.10 Å². The summed E-state index contributed by atoms with van der Waals surface area (Å²) in [5.74, 6) is -2.42. The van der Waals surface area contributed by atoms with E-state index in [0.29, 0.717) is 6.54 Å². The van der Waals surface area contributed by atoms with Gasteiger partial charge in [-0.25, -0.2) is 0 Å². The fourth-order valence-corrected chi connectivity index (χ4v) is 5.12. The minimum Gasteiger partial charge on any atom is -0.463 e. The van der Waals surface area contributed by atoms with Crippen molar-refractivity contribution in [2.45, 2.75) is 87.9 Å². The Labute approximate surface area is 318 Å². The molecule has 1 aliphatic heterocycles. The second-order valence-electron chi connectivity index (χ2n) is 13.1. The van der Waals surface area contributed by atoms with Gasteiger partial charge in [-0.2, -0.15) is 0 Å². The Kier molecular flexibility index (Phi) is 15.3. The third-order valence-electron chi connectivity index (χ3n) is 7.81. The fraction of sp³-hybridized carbons (Fsp3) is 0.421. The second kappa shape index (κ2) is 19.4. The number of rotatable bonds is 15. The summed E-state index contributed by atoms with van der Waals surface area (Å²) in [6.07, 6.45) is -6.44. The molecule has 1 unspecified atom stereocenters. The zero-order valence-electron chi connectivity index (χ0n) is 29.1. The van der Waals surface area contributed by atoms with Crippen molar-refractivity contribution >= 4 is 58.5 Å². The molecular formula is C38H43Cl3N2O9. The molecule has 52 heavy (non-hydrogen) atoms. The average molecular weight is 778 g/mol. The van der Waals surface area contributed by atoms with Crippen LogP contribution < -0.4 is 5.32 Å². The molecule has 11 nitrogen and oxygen atoms in total. The third kappa shape index (κ3) is 13.1. The van der Waals surface area contributed by atoms with Crippen LogP contribution in [0.5, 0.6) is 0 Å². The first-order valence-corrected chi connectivity index (χ1v) is 17.8. The van der Waals surface area contributed by atoms with Crippen LogP contribution in [0.15, 0.2) is 91.0 Å². The number of hydrogen-bond acceptors (Lipinski definition) is 10. The zero-order valence-corrected chi connectivity index (χ0v) is 31.4. The van der Waals surface area contributed by atoms with E-state index in [9.17, 15) is 14.4 Å². The summed E-state index contributed by atoms with van der Waals surface area (Å²) in [4.78, 5) is 38.8. The van der Waals surface area contributed by atoms with Gasteiger partial charge >= 0.3 is 11.9 Å². The summed E-state index contributed by atoms with van der Waals surface area (Å²) < 4.78 is 34.1. The molecule has 0 radical (unpaired) electrons. The summed E-state index contributed by atoms with van der Waals surface area (Å²) >= 11 is 17.9. The molecule has 14 heteroatoms. The molecule has 0 bridgehead atoms. The Bertz CT molecular complexity index is 1600. The van der Waals surface area contributed by atoms with E-state index < -0.39 is 57.7 Å². The Morgan fingerprint density at radius 1 is 0.731 bits per heavy atom. The van der Waals surface area contributed by atoms with E-state index in [-0.39, 0.29) is 38.6 Å². The van der Waals surface area contributed by atoms with E-state index in [1.807, 2.05) is 91.0 Å². The molecule has 280 valence electrons. The maximum atomic E-state index is 13.4. The molecule has 2 N–H and O–H groups in total. The molecule has 1 amide bonds. The van der Waals surface area contributed by atoms with Crippen molar-refractivity contribution < 1.29 is 42.8 Å². The minimum absolute atomic E-state index is 0.0551. The van der Waals surface area contributed by atoms with Crippen molar-refractivity contribution in [2.75, 3.05) is 6.61 Å². The van der Waals surface area contributed by atoms with Gasteiger partial charge in [-0.15, -0.1) is 0 Å². The average Bonchev–Trinajstić information content (AvgIpc) is 3.12. The van der Waals surface area contributed by atoms with E-state index in [1.54, 1.807) is 20.8 Å². The SMILES string of the molecule is CC(C)(C)C(=O)O[C@H]1C(OC(=N)C(Cl)(Cl)Cl)O[C@H](COC(=O)CCC(=O)NCc2ccccc2)[C@@H](OCc2ccccc2)[C@@H]1OCc1ccccc1. The number of esters is 2. The number of carbonyl (C=O) groups is 3. The Morgan fingerprint density at radius 2 is 1.25 bits per heavy atom. The van der Waals surface area contributed by atoms with Crippen molar-refractivity contribution in [1.82, 2.24) is 5.32 Å². The minimum atomic E-state index is -2.29. The lowest BCUT2D eigenvalue weighted by atomic mass is 9.95. The number of amides is 1. The lowest BCUT2D eigenvalue weighted by Gasteiger charge is -2.45. The van der Waals surface area contributed by atoms with Crippen LogP contribution in [-0.2, 0) is 62.6 Å². The van der Waals surface area contributed by atoms with Gasteiger partial charge in [0, 0.05) is 13.0 Å². The van der Waals surface area contributed by atoms with E-state index in [1.165, 1.54) is 0 Å². The van der Waals surface area contributed by atoms with Gasteiger partial charge in [0.2, 0.25) is 18.1 Å². The molecule has 0 aromatic heterocycles. The fourth-order valence-electron chi connectivity index (χ4n) is 4.99. The molecule has 1 heterocycles. The van der Waals surface area contributed by atoms with Gasteiger partial charge in [0.05, 0.1) is 25.0 Å². The standard InChI is InChI=1S/C38H43Cl3N2O9/c1-37(2,3)36(46)51-33-32(49-23-27-17-11-6-12-18-27)31(48-22-26-15-9-5-10-16-26)28(50-34(33)52-35(42)38(39,40)41)24-47-30(45)20-19-29(44)43-21-25-13-7-4-8-14-25/h4-18,28,31-34,42H,19-24H2,1-3H3,(H,43,44)/t28-,31-,32+,33-,34?/m1/s1. The number of hydrogen-bond donors (Lipinski definition) is 2. The molecule has 0 spiro atoms. The normalized spacial score (nSPS) is 20.4. The Morgan fingerprint density at radius 3 is 1.77 bits per heavy atom. The van der Waals surface area contributed by atoms with Gasteiger partial charge in [-0.05, 0) is 37.5 Å². The van der Waals surface area contributed by atoms with E-state index in [2.05, 4.69) is 5.32 Å². The first kappa shape index (κ1) is 41.1. The second-order valence-corrected chi connectivity index (χ2v) is 15.4. The van der Waals surface area contributed by atoms with E-state index in [0.717, 1.165) is 16.7 Å². The van der Waals surface area contributed by atoms with Gasteiger partial charge in [0.1, 0.15) is 24.9 Å². The molecule has 1 saturated heterocycles. The lowest BCUT2D eigenvalue weighted by Crippen LogP contribution is -2.63. The summed E-state index contributed by atoms with van der Waals surface area (Å²) in [5.41, 5.74) is 1.58. The van der Waals surface area contributed by atoms with Crippen LogP contribution in [0, 0.1) is 10.8 Å². The number of alkyl halides is 3. The Balaban J connectivity index is 1.59.